The predicted molar refractivity (Wildman–Crippen MR) is 164 cm³/mol. The Kier molecular flexibility index (Phi) is 7.41. The molecule has 2 aliphatic rings. The summed E-state index contributed by atoms with van der Waals surface area (Å²) in [6, 6.07) is 8.66. The summed E-state index contributed by atoms with van der Waals surface area (Å²) in [6.45, 7) is 8.02. The quantitative estimate of drug-likeness (QED) is 0.325. The Morgan fingerprint density at radius 2 is 1.80 bits per heavy atom. The number of pyridine rings is 1. The van der Waals surface area contributed by atoms with Gasteiger partial charge in [0, 0.05) is 54.9 Å². The predicted octanol–water partition coefficient (Wildman–Crippen LogP) is 4.50. The van der Waals surface area contributed by atoms with Gasteiger partial charge in [0.05, 0.1) is 23.6 Å². The average molecular weight is 575 g/mol. The van der Waals surface area contributed by atoms with E-state index in [2.05, 4.69) is 75.2 Å². The molecule has 0 radical (unpaired) electrons. The van der Waals surface area contributed by atoms with E-state index in [0.29, 0.717) is 29.4 Å². The van der Waals surface area contributed by atoms with Crippen molar-refractivity contribution in [1.29, 1.82) is 0 Å². The highest BCUT2D eigenvalue weighted by Gasteiger charge is 2.31. The molecule has 216 valence electrons. The molecule has 1 aromatic carbocycles. The first-order valence-electron chi connectivity index (χ1n) is 14.3. The lowest BCUT2D eigenvalue weighted by molar-refractivity contribution is 0.212. The van der Waals surface area contributed by atoms with Gasteiger partial charge < -0.3 is 15.1 Å². The zero-order valence-electron chi connectivity index (χ0n) is 24.2. The number of hydrogen-bond acceptors (Lipinski definition) is 9. The van der Waals surface area contributed by atoms with Crippen molar-refractivity contribution < 1.29 is 8.42 Å². The molecule has 0 spiro atoms. The first kappa shape index (κ1) is 27.6. The summed E-state index contributed by atoms with van der Waals surface area (Å²) in [4.78, 5) is 18.6. The van der Waals surface area contributed by atoms with Crippen LogP contribution in [0.1, 0.15) is 44.2 Å². The molecule has 0 bridgehead atoms. The van der Waals surface area contributed by atoms with E-state index >= 15 is 0 Å². The molecule has 0 atom stereocenters. The maximum atomic E-state index is 11.7. The maximum absolute atomic E-state index is 11.7. The summed E-state index contributed by atoms with van der Waals surface area (Å²) in [5, 5.41) is 10.2. The van der Waals surface area contributed by atoms with Gasteiger partial charge in [-0.2, -0.15) is 5.10 Å². The van der Waals surface area contributed by atoms with Crippen molar-refractivity contribution in [2.45, 2.75) is 38.6 Å². The number of rotatable bonds is 8. The molecule has 0 aliphatic carbocycles. The SMILES string of the molecule is CC(C)c1ccc(N2CC(CS(C)(=O)=O)C2)c2cnc(Nc3ccnc(-c4cnn(C5CCN(C)CC5)c4)n3)cc12. The van der Waals surface area contributed by atoms with Gasteiger partial charge >= 0.3 is 0 Å². The number of likely N-dealkylation sites (tertiary alicyclic amines) is 1. The van der Waals surface area contributed by atoms with Gasteiger partial charge in [-0.15, -0.1) is 0 Å². The van der Waals surface area contributed by atoms with Gasteiger partial charge in [0.25, 0.3) is 0 Å². The molecule has 2 aliphatic heterocycles. The molecule has 3 aromatic heterocycles. The molecule has 6 rings (SSSR count). The molecule has 41 heavy (non-hydrogen) atoms. The first-order chi connectivity index (χ1) is 19.6. The third-order valence-electron chi connectivity index (χ3n) is 8.20. The van der Waals surface area contributed by atoms with Crippen LogP contribution in [0.4, 0.5) is 17.3 Å². The molecule has 0 amide bonds. The number of nitrogens with one attached hydrogen (secondary N) is 1. The number of sulfone groups is 1. The molecule has 11 heteroatoms. The molecule has 5 heterocycles. The third kappa shape index (κ3) is 6.06. The van der Waals surface area contributed by atoms with Crippen molar-refractivity contribution in [3.05, 3.63) is 54.6 Å². The number of piperidine rings is 1. The first-order valence-corrected chi connectivity index (χ1v) is 16.4. The Morgan fingerprint density at radius 3 is 2.54 bits per heavy atom. The lowest BCUT2D eigenvalue weighted by Crippen LogP contribution is -2.49. The summed E-state index contributed by atoms with van der Waals surface area (Å²) in [5.74, 6) is 2.74. The molecule has 0 saturated carbocycles. The summed E-state index contributed by atoms with van der Waals surface area (Å²) < 4.78 is 25.5. The molecule has 0 unspecified atom stereocenters. The van der Waals surface area contributed by atoms with Crippen molar-refractivity contribution >= 4 is 37.9 Å². The van der Waals surface area contributed by atoms with Crippen LogP contribution >= 0.6 is 0 Å². The Labute approximate surface area is 241 Å². The second-order valence-corrected chi connectivity index (χ2v) is 14.1. The second-order valence-electron chi connectivity index (χ2n) is 11.9. The normalized spacial score (nSPS) is 17.3. The average Bonchev–Trinajstić information content (AvgIpc) is 3.40. The smallest absolute Gasteiger partial charge is 0.164 e. The highest BCUT2D eigenvalue weighted by atomic mass is 32.2. The standard InChI is InChI=1S/C30H38N8O2S/c1-20(2)24-5-6-27(37-16-21(17-37)19-41(4,39)40)26-15-32-29(13-25(24)26)34-28-7-10-31-30(35-28)22-14-33-38(18-22)23-8-11-36(3)12-9-23/h5-7,10,13-15,18,20-21,23H,8-9,11-12,16-17,19H2,1-4H3,(H,31,32,34,35). The maximum Gasteiger partial charge on any atom is 0.164 e. The van der Waals surface area contributed by atoms with E-state index in [-0.39, 0.29) is 11.7 Å². The molecule has 4 aromatic rings. The van der Waals surface area contributed by atoms with Gasteiger partial charge in [-0.05, 0) is 68.0 Å². The van der Waals surface area contributed by atoms with Crippen LogP contribution in [-0.4, -0.2) is 83.3 Å². The van der Waals surface area contributed by atoms with Crippen LogP contribution in [0.3, 0.4) is 0 Å². The van der Waals surface area contributed by atoms with Crippen LogP contribution < -0.4 is 10.2 Å². The van der Waals surface area contributed by atoms with E-state index < -0.39 is 9.84 Å². The van der Waals surface area contributed by atoms with E-state index in [4.69, 9.17) is 9.97 Å². The number of fused-ring (bicyclic) bond motifs is 1. The van der Waals surface area contributed by atoms with E-state index in [0.717, 1.165) is 61.0 Å². The monoisotopic (exact) mass is 574 g/mol. The lowest BCUT2D eigenvalue weighted by atomic mass is 9.93. The Morgan fingerprint density at radius 1 is 1.02 bits per heavy atom. The number of aromatic nitrogens is 5. The zero-order chi connectivity index (χ0) is 28.7. The van der Waals surface area contributed by atoms with Crippen LogP contribution in [-0.2, 0) is 9.84 Å². The fourth-order valence-corrected chi connectivity index (χ4v) is 7.07. The summed E-state index contributed by atoms with van der Waals surface area (Å²) in [5.41, 5.74) is 3.24. The minimum Gasteiger partial charge on any atom is -0.370 e. The highest BCUT2D eigenvalue weighted by molar-refractivity contribution is 7.90. The van der Waals surface area contributed by atoms with Gasteiger partial charge in [0.1, 0.15) is 21.5 Å². The second kappa shape index (κ2) is 11.0. The van der Waals surface area contributed by atoms with E-state index in [1.165, 1.54) is 11.8 Å². The molecular weight excluding hydrogens is 536 g/mol. The number of hydrogen-bond donors (Lipinski definition) is 1. The molecule has 10 nitrogen and oxygen atoms in total. The Balaban J connectivity index is 1.23. The topological polar surface area (TPSA) is 109 Å². The van der Waals surface area contributed by atoms with Crippen molar-refractivity contribution in [3.63, 3.8) is 0 Å². The summed E-state index contributed by atoms with van der Waals surface area (Å²) in [6.07, 6.45) is 11.1. The summed E-state index contributed by atoms with van der Waals surface area (Å²) in [7, 11) is -0.815. The van der Waals surface area contributed by atoms with Gasteiger partial charge in [0.2, 0.25) is 0 Å². The Hall–Kier alpha value is -3.57. The minimum atomic E-state index is -2.98. The molecule has 1 N–H and O–H groups in total. The van der Waals surface area contributed by atoms with Gasteiger partial charge in [-0.1, -0.05) is 19.9 Å². The van der Waals surface area contributed by atoms with Gasteiger partial charge in [-0.25, -0.2) is 23.4 Å². The van der Waals surface area contributed by atoms with Gasteiger partial charge in [0.15, 0.2) is 5.82 Å². The largest absolute Gasteiger partial charge is 0.370 e. The van der Waals surface area contributed by atoms with Crippen molar-refractivity contribution in [2.24, 2.45) is 5.92 Å². The molecular formula is C30H38N8O2S. The highest BCUT2D eigenvalue weighted by Crippen LogP contribution is 2.37. The minimum absolute atomic E-state index is 0.169. The van der Waals surface area contributed by atoms with Crippen LogP contribution in [0.2, 0.25) is 0 Å². The Bertz CT molecular complexity index is 1650. The van der Waals surface area contributed by atoms with Crippen molar-refractivity contribution in [1.82, 2.24) is 29.6 Å². The van der Waals surface area contributed by atoms with Crippen LogP contribution in [0.5, 0.6) is 0 Å². The van der Waals surface area contributed by atoms with Crippen LogP contribution in [0.25, 0.3) is 22.2 Å². The van der Waals surface area contributed by atoms with Gasteiger partial charge in [-0.3, -0.25) is 4.68 Å². The van der Waals surface area contributed by atoms with E-state index in [1.54, 1.807) is 6.20 Å². The van der Waals surface area contributed by atoms with Crippen molar-refractivity contribution in [2.75, 3.05) is 55.5 Å². The number of nitrogens with zero attached hydrogens (tertiary/aromatic N) is 7. The number of anilines is 3. The zero-order valence-corrected chi connectivity index (χ0v) is 25.0. The van der Waals surface area contributed by atoms with E-state index in [9.17, 15) is 8.42 Å². The van der Waals surface area contributed by atoms with Crippen molar-refractivity contribution in [3.8, 4) is 11.4 Å². The fraction of sp³-hybridized carbons (Fsp3) is 0.467. The lowest BCUT2D eigenvalue weighted by Gasteiger charge is -2.41. The summed E-state index contributed by atoms with van der Waals surface area (Å²) >= 11 is 0. The molecule has 2 fully saturated rings. The van der Waals surface area contributed by atoms with E-state index in [1.807, 2.05) is 18.5 Å². The van der Waals surface area contributed by atoms with Crippen LogP contribution in [0.15, 0.2) is 49.1 Å². The third-order valence-corrected chi connectivity index (χ3v) is 9.28. The van der Waals surface area contributed by atoms with Crippen LogP contribution in [0, 0.1) is 5.92 Å². The molecule has 2 saturated heterocycles. The number of benzene rings is 1. The fourth-order valence-electron chi connectivity index (χ4n) is 6.01.